The number of anilines is 1. The molecular weight excluding hydrogens is 299 g/mol. The van der Waals surface area contributed by atoms with Crippen LogP contribution in [0.2, 0.25) is 0 Å². The van der Waals surface area contributed by atoms with E-state index in [0.717, 1.165) is 0 Å². The van der Waals surface area contributed by atoms with Gasteiger partial charge >= 0.3 is 5.97 Å². The van der Waals surface area contributed by atoms with Gasteiger partial charge in [0, 0.05) is 12.8 Å². The van der Waals surface area contributed by atoms with Crippen molar-refractivity contribution in [3.8, 4) is 5.75 Å². The molecule has 0 atom stereocenters. The van der Waals surface area contributed by atoms with Gasteiger partial charge in [0.2, 0.25) is 5.91 Å². The summed E-state index contributed by atoms with van der Waals surface area (Å²) >= 11 is 0. The number of halogens is 1. The highest BCUT2D eigenvalue weighted by Gasteiger charge is 2.26. The normalized spacial score (nSPS) is 14.4. The molecule has 6 heteroatoms. The lowest BCUT2D eigenvalue weighted by Crippen LogP contribution is -2.35. The lowest BCUT2D eigenvalue weighted by molar-refractivity contribution is -0.127. The Bertz CT molecular complexity index is 757. The molecule has 3 rings (SSSR count). The van der Waals surface area contributed by atoms with E-state index in [-0.39, 0.29) is 30.2 Å². The van der Waals surface area contributed by atoms with E-state index < -0.39 is 11.8 Å². The molecule has 0 radical (unpaired) electrons. The van der Waals surface area contributed by atoms with Crippen molar-refractivity contribution in [1.82, 2.24) is 0 Å². The zero-order chi connectivity index (χ0) is 16.2. The molecule has 116 valence electrons. The Morgan fingerprint density at radius 2 is 1.74 bits per heavy atom. The minimum atomic E-state index is -0.648. The average Bonchev–Trinajstić information content (AvgIpc) is 2.58. The Hall–Kier alpha value is -3.02. The predicted molar refractivity (Wildman–Crippen MR) is 82.6 cm³/mol. The Balaban J connectivity index is 1.80. The van der Waals surface area contributed by atoms with Gasteiger partial charge in [0.1, 0.15) is 17.3 Å². The maximum atomic E-state index is 12.9. The molecule has 1 heterocycles. The number of carbonyl (C=O) groups is 2. The second-order valence-electron chi connectivity index (χ2n) is 4.93. The average molecular weight is 312 g/mol. The molecule has 0 fully saturated rings. The largest absolute Gasteiger partial charge is 0.422 e. The summed E-state index contributed by atoms with van der Waals surface area (Å²) in [5, 5.41) is 5.30. The first-order chi connectivity index (χ1) is 11.1. The summed E-state index contributed by atoms with van der Waals surface area (Å²) in [6, 6.07) is 14.0. The number of hydrogen-bond acceptors (Lipinski definition) is 4. The van der Waals surface area contributed by atoms with Crippen molar-refractivity contribution in [2.45, 2.75) is 12.8 Å². The van der Waals surface area contributed by atoms with Gasteiger partial charge in [-0.2, -0.15) is 5.10 Å². The van der Waals surface area contributed by atoms with Crippen LogP contribution < -0.4 is 9.75 Å². The fourth-order valence-corrected chi connectivity index (χ4v) is 2.14. The van der Waals surface area contributed by atoms with Crippen LogP contribution in [0.4, 0.5) is 10.1 Å². The molecule has 0 unspecified atom stereocenters. The van der Waals surface area contributed by atoms with Gasteiger partial charge in [-0.15, -0.1) is 0 Å². The molecule has 0 N–H and O–H groups in total. The molecule has 5 nitrogen and oxygen atoms in total. The molecule has 1 aliphatic rings. The van der Waals surface area contributed by atoms with E-state index in [2.05, 4.69) is 5.10 Å². The van der Waals surface area contributed by atoms with Crippen molar-refractivity contribution in [3.63, 3.8) is 0 Å². The highest BCUT2D eigenvalue weighted by molar-refractivity contribution is 6.38. The van der Waals surface area contributed by atoms with Gasteiger partial charge in [0.15, 0.2) is 0 Å². The Morgan fingerprint density at radius 1 is 1.04 bits per heavy atom. The molecule has 23 heavy (non-hydrogen) atoms. The van der Waals surface area contributed by atoms with E-state index in [1.165, 1.54) is 29.3 Å². The Morgan fingerprint density at radius 3 is 2.43 bits per heavy atom. The standard InChI is InChI=1S/C17H13FN2O3/c18-12-6-8-14(9-7-12)23-17(22)15-10-11-16(21)20(19-15)13-4-2-1-3-5-13/h1-9H,10-11H2. The summed E-state index contributed by atoms with van der Waals surface area (Å²) in [5.74, 6) is -1.03. The van der Waals surface area contributed by atoms with Gasteiger partial charge in [0.05, 0.1) is 5.69 Å². The third kappa shape index (κ3) is 3.42. The number of amides is 1. The van der Waals surface area contributed by atoms with Crippen LogP contribution in [0.25, 0.3) is 0 Å². The maximum absolute atomic E-state index is 12.9. The quantitative estimate of drug-likeness (QED) is 0.647. The molecule has 0 saturated carbocycles. The van der Waals surface area contributed by atoms with Crippen LogP contribution in [0.15, 0.2) is 59.7 Å². The zero-order valence-corrected chi connectivity index (χ0v) is 12.1. The second-order valence-corrected chi connectivity index (χ2v) is 4.93. The van der Waals surface area contributed by atoms with Crippen LogP contribution in [-0.2, 0) is 9.59 Å². The second kappa shape index (κ2) is 6.39. The fourth-order valence-electron chi connectivity index (χ4n) is 2.14. The van der Waals surface area contributed by atoms with E-state index in [4.69, 9.17) is 4.74 Å². The maximum Gasteiger partial charge on any atom is 0.359 e. The third-order valence-electron chi connectivity index (χ3n) is 3.29. The zero-order valence-electron chi connectivity index (χ0n) is 12.1. The minimum absolute atomic E-state index is 0.151. The van der Waals surface area contributed by atoms with Crippen molar-refractivity contribution in [2.75, 3.05) is 5.01 Å². The number of para-hydroxylation sites is 1. The predicted octanol–water partition coefficient (Wildman–Crippen LogP) is 2.91. The first-order valence-corrected chi connectivity index (χ1v) is 7.07. The topological polar surface area (TPSA) is 59.0 Å². The monoisotopic (exact) mass is 312 g/mol. The van der Waals surface area contributed by atoms with Gasteiger partial charge in [0.25, 0.3) is 0 Å². The van der Waals surface area contributed by atoms with E-state index in [1.807, 2.05) is 6.07 Å². The van der Waals surface area contributed by atoms with Crippen molar-refractivity contribution in [1.29, 1.82) is 0 Å². The summed E-state index contributed by atoms with van der Waals surface area (Å²) in [6.45, 7) is 0. The fraction of sp³-hybridized carbons (Fsp3) is 0.118. The van der Waals surface area contributed by atoms with Crippen molar-refractivity contribution >= 4 is 23.3 Å². The SMILES string of the molecule is O=C(Oc1ccc(F)cc1)C1=NN(c2ccccc2)C(=O)CC1. The highest BCUT2D eigenvalue weighted by Crippen LogP contribution is 2.20. The number of esters is 1. The summed E-state index contributed by atoms with van der Waals surface area (Å²) in [7, 11) is 0. The third-order valence-corrected chi connectivity index (χ3v) is 3.29. The lowest BCUT2D eigenvalue weighted by atomic mass is 10.1. The number of ether oxygens (including phenoxy) is 1. The summed E-state index contributed by atoms with van der Waals surface area (Å²) < 4.78 is 18.0. The highest BCUT2D eigenvalue weighted by atomic mass is 19.1. The van der Waals surface area contributed by atoms with Crippen LogP contribution >= 0.6 is 0 Å². The van der Waals surface area contributed by atoms with E-state index in [1.54, 1.807) is 24.3 Å². The Labute approximate surface area is 132 Å². The Kier molecular flexibility index (Phi) is 4.14. The summed E-state index contributed by atoms with van der Waals surface area (Å²) in [4.78, 5) is 24.1. The van der Waals surface area contributed by atoms with Crippen LogP contribution in [0.5, 0.6) is 5.75 Å². The molecule has 2 aromatic rings. The van der Waals surface area contributed by atoms with Gasteiger partial charge in [-0.3, -0.25) is 4.79 Å². The summed E-state index contributed by atoms with van der Waals surface area (Å²) in [5.41, 5.74) is 0.738. The molecule has 1 aliphatic heterocycles. The molecule has 0 spiro atoms. The number of nitrogens with zero attached hydrogens (tertiary/aromatic N) is 2. The number of hydrazone groups is 1. The van der Waals surface area contributed by atoms with Crippen LogP contribution in [0, 0.1) is 5.82 Å². The van der Waals surface area contributed by atoms with Crippen LogP contribution in [0.3, 0.4) is 0 Å². The number of rotatable bonds is 3. The van der Waals surface area contributed by atoms with Gasteiger partial charge in [-0.25, -0.2) is 14.2 Å². The van der Waals surface area contributed by atoms with E-state index in [9.17, 15) is 14.0 Å². The molecule has 0 saturated heterocycles. The van der Waals surface area contributed by atoms with Crippen molar-refractivity contribution in [3.05, 3.63) is 60.4 Å². The number of hydrogen-bond donors (Lipinski definition) is 0. The van der Waals surface area contributed by atoms with E-state index in [0.29, 0.717) is 5.69 Å². The van der Waals surface area contributed by atoms with Gasteiger partial charge in [-0.1, -0.05) is 18.2 Å². The molecule has 0 aromatic heterocycles. The summed E-state index contributed by atoms with van der Waals surface area (Å²) in [6.07, 6.45) is 0.383. The van der Waals surface area contributed by atoms with Crippen molar-refractivity contribution < 1.29 is 18.7 Å². The molecule has 1 amide bonds. The molecule has 0 aliphatic carbocycles. The number of benzene rings is 2. The number of carbonyl (C=O) groups excluding carboxylic acids is 2. The van der Waals surface area contributed by atoms with Crippen molar-refractivity contribution in [2.24, 2.45) is 5.10 Å². The van der Waals surface area contributed by atoms with Gasteiger partial charge < -0.3 is 4.74 Å². The lowest BCUT2D eigenvalue weighted by Gasteiger charge is -2.22. The molecule has 2 aromatic carbocycles. The van der Waals surface area contributed by atoms with Crippen LogP contribution in [-0.4, -0.2) is 17.6 Å². The first kappa shape index (κ1) is 14.9. The molecule has 0 bridgehead atoms. The van der Waals surface area contributed by atoms with Gasteiger partial charge in [-0.05, 0) is 36.4 Å². The first-order valence-electron chi connectivity index (χ1n) is 7.07. The van der Waals surface area contributed by atoms with E-state index >= 15 is 0 Å². The smallest absolute Gasteiger partial charge is 0.359 e. The minimum Gasteiger partial charge on any atom is -0.422 e. The van der Waals surface area contributed by atoms with Crippen LogP contribution in [0.1, 0.15) is 12.8 Å². The molecular formula is C17H13FN2O3.